The van der Waals surface area contributed by atoms with Gasteiger partial charge in [-0.2, -0.15) is 0 Å². The zero-order chi connectivity index (χ0) is 19.5. The summed E-state index contributed by atoms with van der Waals surface area (Å²) in [7, 11) is 1.94. The van der Waals surface area contributed by atoms with Gasteiger partial charge < -0.3 is 19.5 Å². The third-order valence-corrected chi connectivity index (χ3v) is 5.54. The van der Waals surface area contributed by atoms with Gasteiger partial charge in [-0.3, -0.25) is 0 Å². The lowest BCUT2D eigenvalue weighted by atomic mass is 10.00. The normalized spacial score (nSPS) is 19.8. The lowest BCUT2D eigenvalue weighted by Gasteiger charge is -2.32. The second-order valence-corrected chi connectivity index (χ2v) is 7.46. The number of fused-ring (bicyclic) bond motifs is 1. The maximum Gasteiger partial charge on any atom is 0.194 e. The number of nitrogens with zero attached hydrogens (tertiary/aromatic N) is 5. The van der Waals surface area contributed by atoms with Crippen LogP contribution in [-0.2, 0) is 31.3 Å². The average molecular weight is 386 g/mol. The maximum atomic E-state index is 13.7. The zero-order valence-corrected chi connectivity index (χ0v) is 16.5. The minimum absolute atomic E-state index is 0.194. The van der Waals surface area contributed by atoms with E-state index < -0.39 is 0 Å². The fraction of sp³-hybridized carbons (Fsp3) is 0.550. The van der Waals surface area contributed by atoms with Crippen molar-refractivity contribution < 1.29 is 9.13 Å². The van der Waals surface area contributed by atoms with Crippen LogP contribution in [0.4, 0.5) is 4.39 Å². The molecule has 1 N–H and O–H groups in total. The molecular formula is C20H27FN6O. The number of nitrogens with one attached hydrogen (secondary N) is 1. The Balaban J connectivity index is 1.51. The van der Waals surface area contributed by atoms with E-state index in [1.54, 1.807) is 6.07 Å². The number of benzene rings is 1. The molecule has 4 rings (SSSR count). The third-order valence-electron chi connectivity index (χ3n) is 5.54. The predicted molar refractivity (Wildman–Crippen MR) is 104 cm³/mol. The van der Waals surface area contributed by atoms with Crippen LogP contribution in [0.2, 0.25) is 0 Å². The molecule has 1 aromatic carbocycles. The Morgan fingerprint density at radius 3 is 3.00 bits per heavy atom. The van der Waals surface area contributed by atoms with Crippen molar-refractivity contribution >= 4 is 5.96 Å². The minimum atomic E-state index is -0.194. The van der Waals surface area contributed by atoms with Crippen molar-refractivity contribution in [1.29, 1.82) is 0 Å². The minimum Gasteiger partial charge on any atom is -0.376 e. The van der Waals surface area contributed by atoms with E-state index in [1.807, 2.05) is 24.6 Å². The molecule has 3 heterocycles. The van der Waals surface area contributed by atoms with Crippen molar-refractivity contribution in [3.05, 3.63) is 46.8 Å². The highest BCUT2D eigenvalue weighted by molar-refractivity contribution is 5.80. The van der Waals surface area contributed by atoms with Crippen LogP contribution in [0.25, 0.3) is 0 Å². The SMILES string of the molecule is Cc1nnc(CN=C(NCC2CCCO2)N2CCc3ccc(F)cc3C2)n1C. The highest BCUT2D eigenvalue weighted by atomic mass is 19.1. The van der Waals surface area contributed by atoms with Gasteiger partial charge in [-0.1, -0.05) is 6.07 Å². The van der Waals surface area contributed by atoms with Gasteiger partial charge in [0.1, 0.15) is 18.2 Å². The van der Waals surface area contributed by atoms with Crippen molar-refractivity contribution in [1.82, 2.24) is 25.0 Å². The van der Waals surface area contributed by atoms with E-state index in [0.29, 0.717) is 13.1 Å². The second-order valence-electron chi connectivity index (χ2n) is 7.46. The number of aliphatic imine (C=N–C) groups is 1. The molecule has 1 saturated heterocycles. The first kappa shape index (κ1) is 18.9. The summed E-state index contributed by atoms with van der Waals surface area (Å²) in [5.74, 6) is 2.30. The van der Waals surface area contributed by atoms with Crippen molar-refractivity contribution in [3.63, 3.8) is 0 Å². The number of rotatable bonds is 4. The molecule has 28 heavy (non-hydrogen) atoms. The molecule has 2 aliphatic rings. The molecule has 0 saturated carbocycles. The van der Waals surface area contributed by atoms with E-state index >= 15 is 0 Å². The Morgan fingerprint density at radius 1 is 1.36 bits per heavy atom. The molecule has 0 radical (unpaired) electrons. The predicted octanol–water partition coefficient (Wildman–Crippen LogP) is 1.95. The summed E-state index contributed by atoms with van der Waals surface area (Å²) in [5, 5.41) is 11.8. The van der Waals surface area contributed by atoms with Gasteiger partial charge in [0.25, 0.3) is 0 Å². The van der Waals surface area contributed by atoms with Gasteiger partial charge in [0.2, 0.25) is 0 Å². The highest BCUT2D eigenvalue weighted by Crippen LogP contribution is 2.20. The number of guanidine groups is 1. The molecule has 1 fully saturated rings. The van der Waals surface area contributed by atoms with Crippen molar-refractivity contribution in [2.45, 2.75) is 45.4 Å². The fourth-order valence-corrected chi connectivity index (χ4v) is 3.72. The van der Waals surface area contributed by atoms with E-state index in [4.69, 9.17) is 9.73 Å². The molecule has 1 aromatic heterocycles. The summed E-state index contributed by atoms with van der Waals surface area (Å²) in [6.45, 7) is 5.40. The van der Waals surface area contributed by atoms with Crippen LogP contribution in [0, 0.1) is 12.7 Å². The summed E-state index contributed by atoms with van der Waals surface area (Å²) >= 11 is 0. The van der Waals surface area contributed by atoms with Crippen LogP contribution in [0.3, 0.4) is 0 Å². The van der Waals surface area contributed by atoms with Crippen molar-refractivity contribution in [2.75, 3.05) is 19.7 Å². The number of ether oxygens (including phenoxy) is 1. The summed E-state index contributed by atoms with van der Waals surface area (Å²) in [4.78, 5) is 6.99. The monoisotopic (exact) mass is 386 g/mol. The smallest absolute Gasteiger partial charge is 0.194 e. The first-order valence-electron chi connectivity index (χ1n) is 9.87. The Morgan fingerprint density at radius 2 is 2.25 bits per heavy atom. The zero-order valence-electron chi connectivity index (χ0n) is 16.5. The fourth-order valence-electron chi connectivity index (χ4n) is 3.72. The van der Waals surface area contributed by atoms with Crippen LogP contribution in [0.15, 0.2) is 23.2 Å². The largest absolute Gasteiger partial charge is 0.376 e. The topological polar surface area (TPSA) is 67.6 Å². The van der Waals surface area contributed by atoms with Gasteiger partial charge in [0.15, 0.2) is 11.8 Å². The van der Waals surface area contributed by atoms with Crippen molar-refractivity contribution in [2.24, 2.45) is 12.0 Å². The molecule has 0 amide bonds. The van der Waals surface area contributed by atoms with E-state index in [0.717, 1.165) is 62.1 Å². The first-order chi connectivity index (χ1) is 13.6. The Labute approximate surface area is 164 Å². The summed E-state index contributed by atoms with van der Waals surface area (Å²) in [5.41, 5.74) is 2.23. The lowest BCUT2D eigenvalue weighted by molar-refractivity contribution is 0.113. The quantitative estimate of drug-likeness (QED) is 0.643. The molecule has 1 unspecified atom stereocenters. The van der Waals surface area contributed by atoms with Gasteiger partial charge in [0, 0.05) is 33.3 Å². The molecule has 150 valence electrons. The summed E-state index contributed by atoms with van der Waals surface area (Å²) in [6, 6.07) is 5.06. The second kappa shape index (κ2) is 8.26. The van der Waals surface area contributed by atoms with Crippen LogP contribution < -0.4 is 5.32 Å². The highest BCUT2D eigenvalue weighted by Gasteiger charge is 2.22. The number of halogens is 1. The van der Waals surface area contributed by atoms with E-state index in [1.165, 1.54) is 11.6 Å². The number of hydrogen-bond donors (Lipinski definition) is 1. The molecule has 0 bridgehead atoms. The average Bonchev–Trinajstić information content (AvgIpc) is 3.32. The molecule has 2 aliphatic heterocycles. The maximum absolute atomic E-state index is 13.7. The van der Waals surface area contributed by atoms with E-state index in [-0.39, 0.29) is 11.9 Å². The third kappa shape index (κ3) is 4.16. The van der Waals surface area contributed by atoms with Gasteiger partial charge >= 0.3 is 0 Å². The number of aryl methyl sites for hydroxylation is 1. The van der Waals surface area contributed by atoms with E-state index in [2.05, 4.69) is 20.4 Å². The molecule has 7 nitrogen and oxygen atoms in total. The van der Waals surface area contributed by atoms with E-state index in [9.17, 15) is 4.39 Å². The summed E-state index contributed by atoms with van der Waals surface area (Å²) < 4.78 is 21.4. The van der Waals surface area contributed by atoms with Crippen LogP contribution in [-0.4, -0.2) is 51.4 Å². The van der Waals surface area contributed by atoms with Gasteiger partial charge in [0.05, 0.1) is 6.10 Å². The molecule has 2 aromatic rings. The standard InChI is InChI=1S/C20H27FN6O/c1-14-24-25-19(26(14)2)12-23-20(22-11-18-4-3-9-28-18)27-8-7-15-5-6-17(21)10-16(15)13-27/h5-6,10,18H,3-4,7-9,11-13H2,1-2H3,(H,22,23). The summed E-state index contributed by atoms with van der Waals surface area (Å²) in [6.07, 6.45) is 3.26. The van der Waals surface area contributed by atoms with Crippen molar-refractivity contribution in [3.8, 4) is 0 Å². The Kier molecular flexibility index (Phi) is 5.57. The molecule has 0 aliphatic carbocycles. The molecule has 1 atom stereocenters. The lowest BCUT2D eigenvalue weighted by Crippen LogP contribution is -2.46. The molecule has 0 spiro atoms. The van der Waals surface area contributed by atoms with Crippen LogP contribution in [0.5, 0.6) is 0 Å². The van der Waals surface area contributed by atoms with Gasteiger partial charge in [-0.25, -0.2) is 9.38 Å². The van der Waals surface area contributed by atoms with Crippen LogP contribution in [0.1, 0.15) is 35.6 Å². The molecular weight excluding hydrogens is 359 g/mol. The number of aromatic nitrogens is 3. The van der Waals surface area contributed by atoms with Gasteiger partial charge in [-0.05, 0) is 49.4 Å². The first-order valence-corrected chi connectivity index (χ1v) is 9.87. The number of hydrogen-bond acceptors (Lipinski definition) is 4. The van der Waals surface area contributed by atoms with Crippen LogP contribution >= 0.6 is 0 Å². The van der Waals surface area contributed by atoms with Gasteiger partial charge in [-0.15, -0.1) is 10.2 Å². The molecule has 8 heteroatoms. The Bertz CT molecular complexity index is 858. The Hall–Kier alpha value is -2.48.